The largest absolute Gasteiger partial charge is 0.455 e. The van der Waals surface area contributed by atoms with Gasteiger partial charge in [0.2, 0.25) is 10.0 Å². The van der Waals surface area contributed by atoms with Crippen LogP contribution in [0.15, 0.2) is 71.6 Å². The first kappa shape index (κ1) is 22.8. The average molecular weight is 465 g/mol. The Morgan fingerprint density at radius 3 is 2.35 bits per heavy atom. The number of benzene rings is 3. The van der Waals surface area contributed by atoms with Crippen LogP contribution in [0.5, 0.6) is 11.5 Å². The summed E-state index contributed by atoms with van der Waals surface area (Å²) in [6.45, 7) is 6.17. The lowest BCUT2D eigenvalue weighted by Gasteiger charge is -2.21. The van der Waals surface area contributed by atoms with E-state index in [1.807, 2.05) is 6.07 Å². The van der Waals surface area contributed by atoms with Crippen molar-refractivity contribution in [3.8, 4) is 11.5 Å². The molecule has 0 atom stereocenters. The van der Waals surface area contributed by atoms with Crippen LogP contribution in [-0.2, 0) is 15.4 Å². The van der Waals surface area contributed by atoms with Crippen LogP contribution in [0.3, 0.4) is 0 Å². The molecule has 8 heteroatoms. The molecule has 0 aliphatic carbocycles. The van der Waals surface area contributed by atoms with Crippen molar-refractivity contribution >= 4 is 33.2 Å². The molecular formula is C23H29ClN2O4S. The summed E-state index contributed by atoms with van der Waals surface area (Å²) in [5, 5.41) is 8.29. The Hall–Kier alpha value is -2.87. The van der Waals surface area contributed by atoms with Crippen molar-refractivity contribution in [2.45, 2.75) is 31.1 Å². The van der Waals surface area contributed by atoms with Crippen molar-refractivity contribution in [3.63, 3.8) is 0 Å². The molecule has 0 bridgehead atoms. The molecule has 3 aromatic carbocycles. The van der Waals surface area contributed by atoms with Gasteiger partial charge in [-0.1, -0.05) is 56.6 Å². The van der Waals surface area contributed by atoms with Crippen LogP contribution in [0.2, 0.25) is 5.02 Å². The minimum absolute atomic E-state index is 0. The van der Waals surface area contributed by atoms with E-state index in [1.54, 1.807) is 42.5 Å². The first-order valence-corrected chi connectivity index (χ1v) is 11.4. The second-order valence-electron chi connectivity index (χ2n) is 8.02. The number of halogens is 1. The van der Waals surface area contributed by atoms with E-state index >= 15 is 0 Å². The second kappa shape index (κ2) is 8.70. The maximum absolute atomic E-state index is 13.0. The van der Waals surface area contributed by atoms with Gasteiger partial charge < -0.3 is 10.1 Å². The normalized spacial score (nSPS) is 11.8. The number of ether oxygens (including phenoxy) is 1. The number of carbonyl (C=O) groups is 1. The number of rotatable bonds is 5. The van der Waals surface area contributed by atoms with Crippen LogP contribution in [-0.4, -0.2) is 14.3 Å². The van der Waals surface area contributed by atoms with Crippen LogP contribution in [0.1, 0.15) is 41.0 Å². The number of para-hydroxylation sites is 1. The lowest BCUT2D eigenvalue weighted by atomic mass is 9.86. The van der Waals surface area contributed by atoms with Crippen molar-refractivity contribution in [1.82, 2.24) is 0 Å². The highest BCUT2D eigenvalue weighted by Crippen LogP contribution is 2.35. The average Bonchev–Trinajstić information content (AvgIpc) is 2.68. The first-order chi connectivity index (χ1) is 14.4. The molecule has 0 heterocycles. The minimum Gasteiger partial charge on any atom is -0.455 e. The van der Waals surface area contributed by atoms with E-state index < -0.39 is 15.9 Å². The maximum atomic E-state index is 13.0. The molecular weight excluding hydrogens is 436 g/mol. The molecule has 0 aliphatic rings. The SMILES string of the molecule is CC(C)(C)c1ccc(C(=O)Nc2cccc(S(N)(=O)=O)c2)c(Oc2ccccc2Cl)c1.[HH].[HH].[HH]. The summed E-state index contributed by atoms with van der Waals surface area (Å²) < 4.78 is 29.2. The molecule has 6 nitrogen and oxygen atoms in total. The smallest absolute Gasteiger partial charge is 0.259 e. The number of sulfonamides is 1. The molecule has 0 fully saturated rings. The number of carbonyl (C=O) groups excluding carboxylic acids is 1. The second-order valence-corrected chi connectivity index (χ2v) is 9.99. The zero-order chi connectivity index (χ0) is 22.8. The number of hydrogen-bond donors (Lipinski definition) is 2. The third-order valence-corrected chi connectivity index (χ3v) is 5.79. The maximum Gasteiger partial charge on any atom is 0.259 e. The van der Waals surface area contributed by atoms with E-state index in [0.29, 0.717) is 22.2 Å². The Morgan fingerprint density at radius 2 is 1.71 bits per heavy atom. The van der Waals surface area contributed by atoms with Crippen molar-refractivity contribution in [2.24, 2.45) is 5.14 Å². The summed E-state index contributed by atoms with van der Waals surface area (Å²) in [6, 6.07) is 18.0. The van der Waals surface area contributed by atoms with E-state index in [0.717, 1.165) is 5.56 Å². The molecule has 0 radical (unpaired) electrons. The van der Waals surface area contributed by atoms with Gasteiger partial charge in [-0.3, -0.25) is 4.79 Å². The molecule has 0 saturated heterocycles. The summed E-state index contributed by atoms with van der Waals surface area (Å²) in [5.74, 6) is 0.287. The fourth-order valence-electron chi connectivity index (χ4n) is 2.86. The van der Waals surface area contributed by atoms with Gasteiger partial charge in [0.1, 0.15) is 11.5 Å². The summed E-state index contributed by atoms with van der Waals surface area (Å²) >= 11 is 6.23. The number of anilines is 1. The zero-order valence-electron chi connectivity index (χ0n) is 17.3. The number of nitrogens with two attached hydrogens (primary N) is 1. The van der Waals surface area contributed by atoms with Gasteiger partial charge in [0, 0.05) is 9.97 Å². The molecule has 3 N–H and O–H groups in total. The standard InChI is InChI=1S/C23H23ClN2O4S.3H2/c1-23(2,3)15-11-12-18(21(13-15)30-20-10-5-4-9-19(20)24)22(27)26-16-7-6-8-17(14-16)31(25,28)29;;;/h4-14H,1-3H3,(H,26,27)(H2,25,28,29);3*1H. The topological polar surface area (TPSA) is 98.5 Å². The Kier molecular flexibility index (Phi) is 6.40. The fourth-order valence-corrected chi connectivity index (χ4v) is 3.59. The van der Waals surface area contributed by atoms with Gasteiger partial charge in [0.15, 0.2) is 0 Å². The monoisotopic (exact) mass is 464 g/mol. The summed E-state index contributed by atoms with van der Waals surface area (Å²) in [5.41, 5.74) is 1.37. The summed E-state index contributed by atoms with van der Waals surface area (Å²) in [7, 11) is -3.89. The lowest BCUT2D eigenvalue weighted by molar-refractivity contribution is 0.102. The van der Waals surface area contributed by atoms with Gasteiger partial charge in [-0.25, -0.2) is 13.6 Å². The van der Waals surface area contributed by atoms with Crippen LogP contribution in [0, 0.1) is 0 Å². The Morgan fingerprint density at radius 1 is 1.00 bits per heavy atom. The van der Waals surface area contributed by atoms with Crippen molar-refractivity contribution in [1.29, 1.82) is 0 Å². The van der Waals surface area contributed by atoms with E-state index in [-0.39, 0.29) is 20.2 Å². The summed E-state index contributed by atoms with van der Waals surface area (Å²) in [4.78, 5) is 12.9. The first-order valence-electron chi connectivity index (χ1n) is 9.46. The number of nitrogens with one attached hydrogen (secondary N) is 1. The third-order valence-electron chi connectivity index (χ3n) is 4.57. The molecule has 1 amide bonds. The Labute approximate surface area is 191 Å². The lowest BCUT2D eigenvalue weighted by Crippen LogP contribution is -2.17. The zero-order valence-corrected chi connectivity index (χ0v) is 18.9. The highest BCUT2D eigenvalue weighted by molar-refractivity contribution is 7.89. The predicted molar refractivity (Wildman–Crippen MR) is 129 cm³/mol. The third kappa shape index (κ3) is 5.64. The van der Waals surface area contributed by atoms with Gasteiger partial charge in [-0.05, 0) is 53.4 Å². The molecule has 0 saturated carbocycles. The van der Waals surface area contributed by atoms with Crippen molar-refractivity contribution in [3.05, 3.63) is 82.9 Å². The predicted octanol–water partition coefficient (Wildman–Crippen LogP) is 6.07. The Bertz CT molecular complexity index is 1250. The van der Waals surface area contributed by atoms with E-state index in [9.17, 15) is 13.2 Å². The Balaban J connectivity index is 0.00000363. The van der Waals surface area contributed by atoms with Gasteiger partial charge in [0.25, 0.3) is 5.91 Å². The van der Waals surface area contributed by atoms with Crippen LogP contribution in [0.4, 0.5) is 5.69 Å². The highest BCUT2D eigenvalue weighted by atomic mass is 35.5. The quantitative estimate of drug-likeness (QED) is 0.478. The van der Waals surface area contributed by atoms with Crippen LogP contribution >= 0.6 is 11.6 Å². The molecule has 0 aliphatic heterocycles. The number of amides is 1. The molecule has 3 aromatic rings. The van der Waals surface area contributed by atoms with Gasteiger partial charge in [-0.2, -0.15) is 0 Å². The van der Waals surface area contributed by atoms with Gasteiger partial charge >= 0.3 is 0 Å². The molecule has 0 aromatic heterocycles. The molecule has 31 heavy (non-hydrogen) atoms. The van der Waals surface area contributed by atoms with Gasteiger partial charge in [0.05, 0.1) is 15.5 Å². The fraction of sp³-hybridized carbons (Fsp3) is 0.174. The van der Waals surface area contributed by atoms with Crippen molar-refractivity contribution in [2.75, 3.05) is 5.32 Å². The molecule has 0 spiro atoms. The molecule has 0 unspecified atom stereocenters. The number of primary sulfonamides is 1. The molecule has 168 valence electrons. The van der Waals surface area contributed by atoms with Crippen LogP contribution < -0.4 is 15.2 Å². The van der Waals surface area contributed by atoms with E-state index in [4.69, 9.17) is 21.5 Å². The minimum atomic E-state index is -3.89. The summed E-state index contributed by atoms with van der Waals surface area (Å²) in [6.07, 6.45) is 0. The number of hydrogen-bond acceptors (Lipinski definition) is 4. The van der Waals surface area contributed by atoms with Gasteiger partial charge in [-0.15, -0.1) is 0 Å². The highest BCUT2D eigenvalue weighted by Gasteiger charge is 2.21. The van der Waals surface area contributed by atoms with E-state index in [1.165, 1.54) is 18.2 Å². The molecule has 3 rings (SSSR count). The van der Waals surface area contributed by atoms with Crippen LogP contribution in [0.25, 0.3) is 0 Å². The van der Waals surface area contributed by atoms with Crippen molar-refractivity contribution < 1.29 is 22.2 Å². The van der Waals surface area contributed by atoms with E-state index in [2.05, 4.69) is 26.1 Å².